The number of fused-ring (bicyclic) bond motifs is 1. The Balaban J connectivity index is 2.08. The summed E-state index contributed by atoms with van der Waals surface area (Å²) in [7, 11) is 1.97. The molecule has 1 unspecified atom stereocenters. The van der Waals surface area contributed by atoms with Gasteiger partial charge in [0.2, 0.25) is 5.71 Å². The van der Waals surface area contributed by atoms with E-state index in [0.29, 0.717) is 11.8 Å². The molecule has 0 saturated carbocycles. The lowest BCUT2D eigenvalue weighted by Crippen LogP contribution is -2.19. The van der Waals surface area contributed by atoms with Crippen molar-refractivity contribution in [1.29, 1.82) is 0 Å². The van der Waals surface area contributed by atoms with Crippen LogP contribution < -0.4 is 5.32 Å². The first-order valence-electron chi connectivity index (χ1n) is 5.46. The minimum atomic E-state index is 0.502. The molecule has 1 N–H and O–H groups in total. The molecule has 0 bridgehead atoms. The fourth-order valence-electron chi connectivity index (χ4n) is 1.49. The van der Waals surface area contributed by atoms with Gasteiger partial charge in [0.05, 0.1) is 6.26 Å². The van der Waals surface area contributed by atoms with E-state index in [9.17, 15) is 0 Å². The largest absolute Gasteiger partial charge is 0.446 e. The SMILES string of the molecule is CNC(C)CC=Cc1cnc2occc2c1. The van der Waals surface area contributed by atoms with Crippen LogP contribution in [0.25, 0.3) is 17.2 Å². The predicted molar refractivity (Wildman–Crippen MR) is 66.2 cm³/mol. The van der Waals surface area contributed by atoms with Gasteiger partial charge in [-0.1, -0.05) is 12.2 Å². The van der Waals surface area contributed by atoms with Gasteiger partial charge < -0.3 is 9.73 Å². The first-order chi connectivity index (χ1) is 7.79. The van der Waals surface area contributed by atoms with Gasteiger partial charge in [0, 0.05) is 17.6 Å². The smallest absolute Gasteiger partial charge is 0.225 e. The van der Waals surface area contributed by atoms with E-state index in [1.54, 1.807) is 6.26 Å². The van der Waals surface area contributed by atoms with Crippen LogP contribution in [0.1, 0.15) is 18.9 Å². The Kier molecular flexibility index (Phi) is 3.37. The standard InChI is InChI=1S/C13H16N2O/c1-10(14-2)4-3-5-11-8-12-6-7-16-13(12)15-9-11/h3,5-10,14H,4H2,1-2H3. The van der Waals surface area contributed by atoms with E-state index in [1.165, 1.54) is 0 Å². The maximum atomic E-state index is 5.19. The Morgan fingerprint density at radius 2 is 2.44 bits per heavy atom. The monoisotopic (exact) mass is 216 g/mol. The van der Waals surface area contributed by atoms with Gasteiger partial charge in [-0.05, 0) is 38.1 Å². The van der Waals surface area contributed by atoms with Gasteiger partial charge in [-0.2, -0.15) is 0 Å². The van der Waals surface area contributed by atoms with E-state index < -0.39 is 0 Å². The minimum Gasteiger partial charge on any atom is -0.446 e. The molecule has 2 aromatic rings. The highest BCUT2D eigenvalue weighted by Gasteiger charge is 1.98. The van der Waals surface area contributed by atoms with Crippen LogP contribution in [0.15, 0.2) is 35.1 Å². The van der Waals surface area contributed by atoms with Crippen LogP contribution in [0.2, 0.25) is 0 Å². The van der Waals surface area contributed by atoms with Gasteiger partial charge in [-0.25, -0.2) is 4.98 Å². The Morgan fingerprint density at radius 1 is 1.56 bits per heavy atom. The fraction of sp³-hybridized carbons (Fsp3) is 0.308. The van der Waals surface area contributed by atoms with Gasteiger partial charge >= 0.3 is 0 Å². The highest BCUT2D eigenvalue weighted by molar-refractivity contribution is 5.75. The van der Waals surface area contributed by atoms with Crippen molar-refractivity contribution >= 4 is 17.2 Å². The Bertz CT molecular complexity index is 487. The lowest BCUT2D eigenvalue weighted by molar-refractivity contribution is 0.603. The minimum absolute atomic E-state index is 0.502. The maximum absolute atomic E-state index is 5.19. The number of rotatable bonds is 4. The highest BCUT2D eigenvalue weighted by atomic mass is 16.3. The second kappa shape index (κ2) is 4.94. The molecule has 1 atom stereocenters. The molecule has 3 nitrogen and oxygen atoms in total. The number of nitrogens with one attached hydrogen (secondary N) is 1. The fourth-order valence-corrected chi connectivity index (χ4v) is 1.49. The van der Waals surface area contributed by atoms with Gasteiger partial charge in [0.15, 0.2) is 0 Å². The van der Waals surface area contributed by atoms with Crippen LogP contribution in [0.3, 0.4) is 0 Å². The van der Waals surface area contributed by atoms with Gasteiger partial charge in [-0.15, -0.1) is 0 Å². The summed E-state index contributed by atoms with van der Waals surface area (Å²) < 4.78 is 5.19. The molecule has 2 rings (SSSR count). The quantitative estimate of drug-likeness (QED) is 0.854. The molecule has 16 heavy (non-hydrogen) atoms. The first kappa shape index (κ1) is 10.9. The Hall–Kier alpha value is -1.61. The molecule has 0 fully saturated rings. The topological polar surface area (TPSA) is 38.1 Å². The molecule has 0 aliphatic rings. The van der Waals surface area contributed by atoms with Crippen molar-refractivity contribution in [1.82, 2.24) is 10.3 Å². The maximum Gasteiger partial charge on any atom is 0.225 e. The number of pyridine rings is 1. The second-order valence-electron chi connectivity index (χ2n) is 3.91. The molecule has 84 valence electrons. The summed E-state index contributed by atoms with van der Waals surface area (Å²) in [5.41, 5.74) is 1.80. The molecule has 0 saturated heterocycles. The van der Waals surface area contributed by atoms with E-state index >= 15 is 0 Å². The lowest BCUT2D eigenvalue weighted by Gasteiger charge is -2.04. The molecule has 2 aromatic heterocycles. The van der Waals surface area contributed by atoms with Crippen molar-refractivity contribution < 1.29 is 4.42 Å². The van der Waals surface area contributed by atoms with Gasteiger partial charge in [0.25, 0.3) is 0 Å². The number of hydrogen-bond donors (Lipinski definition) is 1. The summed E-state index contributed by atoms with van der Waals surface area (Å²) in [6.45, 7) is 2.15. The average Bonchev–Trinajstić information content (AvgIpc) is 2.76. The van der Waals surface area contributed by atoms with Crippen LogP contribution in [-0.2, 0) is 0 Å². The summed E-state index contributed by atoms with van der Waals surface area (Å²) in [4.78, 5) is 4.23. The van der Waals surface area contributed by atoms with Crippen molar-refractivity contribution in [3.8, 4) is 0 Å². The van der Waals surface area contributed by atoms with Crippen LogP contribution in [-0.4, -0.2) is 18.1 Å². The molecule has 0 spiro atoms. The van der Waals surface area contributed by atoms with Crippen LogP contribution >= 0.6 is 0 Å². The molecule has 0 radical (unpaired) electrons. The zero-order valence-electron chi connectivity index (χ0n) is 9.60. The molecule has 0 aliphatic carbocycles. The zero-order chi connectivity index (χ0) is 11.4. The van der Waals surface area contributed by atoms with E-state index in [2.05, 4.69) is 35.4 Å². The van der Waals surface area contributed by atoms with E-state index in [-0.39, 0.29) is 0 Å². The van der Waals surface area contributed by atoms with Crippen LogP contribution in [0.4, 0.5) is 0 Å². The van der Waals surface area contributed by atoms with Crippen LogP contribution in [0, 0.1) is 0 Å². The molecular weight excluding hydrogens is 200 g/mol. The second-order valence-corrected chi connectivity index (χ2v) is 3.91. The Morgan fingerprint density at radius 3 is 3.25 bits per heavy atom. The average molecular weight is 216 g/mol. The molecule has 3 heteroatoms. The lowest BCUT2D eigenvalue weighted by atomic mass is 10.2. The summed E-state index contributed by atoms with van der Waals surface area (Å²) in [6.07, 6.45) is 8.75. The number of hydrogen-bond acceptors (Lipinski definition) is 3. The van der Waals surface area contributed by atoms with E-state index in [0.717, 1.165) is 17.4 Å². The summed E-state index contributed by atoms with van der Waals surface area (Å²) >= 11 is 0. The third-order valence-electron chi connectivity index (χ3n) is 2.62. The summed E-state index contributed by atoms with van der Waals surface area (Å²) in [5, 5.41) is 4.24. The Labute approximate surface area is 95.2 Å². The van der Waals surface area contributed by atoms with Gasteiger partial charge in [0.1, 0.15) is 0 Å². The molecule has 2 heterocycles. The third-order valence-corrected chi connectivity index (χ3v) is 2.62. The number of furan rings is 1. The molecule has 0 amide bonds. The summed E-state index contributed by atoms with van der Waals surface area (Å²) in [6, 6.07) is 4.50. The number of nitrogens with zero attached hydrogens (tertiary/aromatic N) is 1. The normalized spacial score (nSPS) is 13.6. The molecule has 0 aromatic carbocycles. The van der Waals surface area contributed by atoms with Crippen molar-refractivity contribution in [3.63, 3.8) is 0 Å². The van der Waals surface area contributed by atoms with Crippen molar-refractivity contribution in [2.24, 2.45) is 0 Å². The van der Waals surface area contributed by atoms with Crippen molar-refractivity contribution in [2.45, 2.75) is 19.4 Å². The van der Waals surface area contributed by atoms with Crippen molar-refractivity contribution in [2.75, 3.05) is 7.05 Å². The zero-order valence-corrected chi connectivity index (χ0v) is 9.60. The summed E-state index contributed by atoms with van der Waals surface area (Å²) in [5.74, 6) is 0. The molecular formula is C13H16N2O. The third kappa shape index (κ3) is 2.49. The van der Waals surface area contributed by atoms with Crippen LogP contribution in [0.5, 0.6) is 0 Å². The van der Waals surface area contributed by atoms with Crippen molar-refractivity contribution in [3.05, 3.63) is 36.2 Å². The first-order valence-corrected chi connectivity index (χ1v) is 5.46. The molecule has 0 aliphatic heterocycles. The van der Waals surface area contributed by atoms with E-state index in [4.69, 9.17) is 4.42 Å². The predicted octanol–water partition coefficient (Wildman–Crippen LogP) is 2.84. The number of aromatic nitrogens is 1. The highest BCUT2D eigenvalue weighted by Crippen LogP contribution is 2.15. The van der Waals surface area contributed by atoms with E-state index in [1.807, 2.05) is 19.3 Å². The van der Waals surface area contributed by atoms with Gasteiger partial charge in [-0.3, -0.25) is 0 Å².